The van der Waals surface area contributed by atoms with Gasteiger partial charge in [0.05, 0.1) is 0 Å². The fraction of sp³-hybridized carbons (Fsp3) is 0.455. The summed E-state index contributed by atoms with van der Waals surface area (Å²) >= 11 is 0. The van der Waals surface area contributed by atoms with E-state index >= 15 is 0 Å². The molecule has 0 bridgehead atoms. The third-order valence-corrected chi connectivity index (χ3v) is 1.79. The number of aryl methyl sites for hydroxylation is 1. The highest BCUT2D eigenvalue weighted by molar-refractivity contribution is 5.46. The van der Waals surface area contributed by atoms with Crippen LogP contribution in [0.4, 0.5) is 10.1 Å². The molecule has 2 nitrogen and oxygen atoms in total. The summed E-state index contributed by atoms with van der Waals surface area (Å²) in [6.07, 6.45) is 0. The molecule has 0 aliphatic carbocycles. The van der Waals surface area contributed by atoms with Crippen molar-refractivity contribution >= 4 is 5.69 Å². The lowest BCUT2D eigenvalue weighted by atomic mass is 10.1. The highest BCUT2D eigenvalue weighted by atomic mass is 19.1. The molecule has 0 heterocycles. The van der Waals surface area contributed by atoms with Crippen molar-refractivity contribution in [1.29, 1.82) is 0 Å². The number of nitrogens with one attached hydrogen (secondary N) is 1. The van der Waals surface area contributed by atoms with Gasteiger partial charge in [0.25, 0.3) is 0 Å². The first-order chi connectivity index (χ1) is 6.37. The second-order valence-corrected chi connectivity index (χ2v) is 4.36. The molecule has 0 atom stereocenters. The van der Waals surface area contributed by atoms with Crippen LogP contribution < -0.4 is 11.1 Å². The normalized spacial score (nSPS) is 11.5. The van der Waals surface area contributed by atoms with Crippen molar-refractivity contribution in [2.24, 2.45) is 5.73 Å². The van der Waals surface area contributed by atoms with Gasteiger partial charge in [0.2, 0.25) is 0 Å². The van der Waals surface area contributed by atoms with E-state index in [4.69, 9.17) is 5.73 Å². The summed E-state index contributed by atoms with van der Waals surface area (Å²) < 4.78 is 13.0. The van der Waals surface area contributed by atoms with Crippen LogP contribution in [0.2, 0.25) is 0 Å². The first-order valence-corrected chi connectivity index (χ1v) is 4.67. The Labute approximate surface area is 84.3 Å². The first-order valence-electron chi connectivity index (χ1n) is 4.67. The van der Waals surface area contributed by atoms with Gasteiger partial charge in [0.15, 0.2) is 0 Å². The van der Waals surface area contributed by atoms with Crippen molar-refractivity contribution in [3.63, 3.8) is 0 Å². The zero-order chi connectivity index (χ0) is 10.8. The average Bonchev–Trinajstić information content (AvgIpc) is 1.97. The van der Waals surface area contributed by atoms with Gasteiger partial charge >= 0.3 is 0 Å². The molecule has 3 heteroatoms. The summed E-state index contributed by atoms with van der Waals surface area (Å²) in [4.78, 5) is 0. The molecule has 0 amide bonds. The predicted molar refractivity (Wildman–Crippen MR) is 57.9 cm³/mol. The van der Waals surface area contributed by atoms with E-state index in [2.05, 4.69) is 5.32 Å². The Bertz CT molecular complexity index is 295. The number of rotatable bonds is 3. The number of hydrogen-bond donors (Lipinski definition) is 2. The Morgan fingerprint density at radius 1 is 1.36 bits per heavy atom. The minimum absolute atomic E-state index is 0.220. The Kier molecular flexibility index (Phi) is 3.11. The van der Waals surface area contributed by atoms with Gasteiger partial charge in [-0.3, -0.25) is 0 Å². The van der Waals surface area contributed by atoms with Gasteiger partial charge < -0.3 is 11.1 Å². The van der Waals surface area contributed by atoms with Crippen LogP contribution in [-0.4, -0.2) is 12.1 Å². The summed E-state index contributed by atoms with van der Waals surface area (Å²) in [7, 11) is 0. The Hall–Kier alpha value is -1.09. The first kappa shape index (κ1) is 11.0. The molecule has 0 aromatic heterocycles. The lowest BCUT2D eigenvalue weighted by Crippen LogP contribution is -2.39. The summed E-state index contributed by atoms with van der Waals surface area (Å²) in [6.45, 7) is 6.33. The molecule has 14 heavy (non-hydrogen) atoms. The molecule has 0 aliphatic heterocycles. The monoisotopic (exact) mass is 196 g/mol. The number of benzene rings is 1. The molecule has 0 radical (unpaired) electrons. The van der Waals surface area contributed by atoms with E-state index in [1.165, 1.54) is 12.1 Å². The fourth-order valence-electron chi connectivity index (χ4n) is 1.17. The van der Waals surface area contributed by atoms with Crippen molar-refractivity contribution in [1.82, 2.24) is 0 Å². The Balaban J connectivity index is 2.68. The minimum Gasteiger partial charge on any atom is -0.383 e. The van der Waals surface area contributed by atoms with Crippen LogP contribution in [0.5, 0.6) is 0 Å². The molecular formula is C11H17FN2. The van der Waals surface area contributed by atoms with Crippen molar-refractivity contribution in [3.8, 4) is 0 Å². The van der Waals surface area contributed by atoms with Gasteiger partial charge in [-0.25, -0.2) is 4.39 Å². The Morgan fingerprint density at radius 3 is 2.50 bits per heavy atom. The highest BCUT2D eigenvalue weighted by Gasteiger charge is 2.09. The molecule has 3 N–H and O–H groups in total. The molecule has 0 aliphatic rings. The van der Waals surface area contributed by atoms with E-state index in [0.29, 0.717) is 6.54 Å². The second kappa shape index (κ2) is 3.96. The third kappa shape index (κ3) is 3.75. The van der Waals surface area contributed by atoms with Crippen molar-refractivity contribution in [3.05, 3.63) is 29.6 Å². The van der Waals surface area contributed by atoms with Crippen LogP contribution in [0.3, 0.4) is 0 Å². The zero-order valence-corrected chi connectivity index (χ0v) is 8.89. The van der Waals surface area contributed by atoms with Gasteiger partial charge in [0.1, 0.15) is 5.82 Å². The van der Waals surface area contributed by atoms with Crippen LogP contribution in [0.25, 0.3) is 0 Å². The van der Waals surface area contributed by atoms with Gasteiger partial charge in [-0.1, -0.05) is 0 Å². The Morgan fingerprint density at radius 2 is 2.00 bits per heavy atom. The molecule has 0 fully saturated rings. The molecule has 78 valence electrons. The second-order valence-electron chi connectivity index (χ2n) is 4.36. The minimum atomic E-state index is -0.291. The molecule has 0 unspecified atom stereocenters. The third-order valence-electron chi connectivity index (χ3n) is 1.79. The molecule has 0 spiro atoms. The van der Waals surface area contributed by atoms with Crippen LogP contribution in [-0.2, 0) is 0 Å². The molecule has 1 rings (SSSR count). The maximum absolute atomic E-state index is 13.0. The van der Waals surface area contributed by atoms with Crippen LogP contribution in [0.1, 0.15) is 19.4 Å². The van der Waals surface area contributed by atoms with E-state index < -0.39 is 0 Å². The van der Waals surface area contributed by atoms with Crippen LogP contribution in [0.15, 0.2) is 18.2 Å². The smallest absolute Gasteiger partial charge is 0.125 e. The van der Waals surface area contributed by atoms with E-state index in [9.17, 15) is 4.39 Å². The molecule has 0 saturated carbocycles. The standard InChI is InChI=1S/C11H17FN2/c1-8-4-9(12)6-10(5-8)14-7-11(2,3)13/h4-6,14H,7,13H2,1-3H3. The maximum atomic E-state index is 13.0. The van der Waals surface area contributed by atoms with E-state index in [1.54, 1.807) is 0 Å². The summed E-state index contributed by atoms with van der Waals surface area (Å²) in [5.74, 6) is -0.220. The number of halogens is 1. The van der Waals surface area contributed by atoms with Crippen LogP contribution >= 0.6 is 0 Å². The van der Waals surface area contributed by atoms with Gasteiger partial charge in [-0.05, 0) is 44.5 Å². The predicted octanol–water partition coefficient (Wildman–Crippen LogP) is 2.28. The molecule has 1 aromatic carbocycles. The average molecular weight is 196 g/mol. The number of anilines is 1. The zero-order valence-electron chi connectivity index (χ0n) is 8.89. The summed E-state index contributed by atoms with van der Waals surface area (Å²) in [6, 6.07) is 4.87. The van der Waals surface area contributed by atoms with E-state index in [-0.39, 0.29) is 11.4 Å². The van der Waals surface area contributed by atoms with Gasteiger partial charge in [-0.15, -0.1) is 0 Å². The maximum Gasteiger partial charge on any atom is 0.125 e. The van der Waals surface area contributed by atoms with Crippen molar-refractivity contribution in [2.75, 3.05) is 11.9 Å². The van der Waals surface area contributed by atoms with Crippen molar-refractivity contribution in [2.45, 2.75) is 26.3 Å². The number of nitrogens with two attached hydrogens (primary N) is 1. The van der Waals surface area contributed by atoms with Gasteiger partial charge in [-0.2, -0.15) is 0 Å². The van der Waals surface area contributed by atoms with Gasteiger partial charge in [0, 0.05) is 17.8 Å². The van der Waals surface area contributed by atoms with Crippen LogP contribution in [0, 0.1) is 12.7 Å². The lowest BCUT2D eigenvalue weighted by molar-refractivity contribution is 0.549. The summed E-state index contributed by atoms with van der Waals surface area (Å²) in [5.41, 5.74) is 7.20. The largest absolute Gasteiger partial charge is 0.383 e. The summed E-state index contributed by atoms with van der Waals surface area (Å²) in [5, 5.41) is 3.10. The lowest BCUT2D eigenvalue weighted by Gasteiger charge is -2.20. The highest BCUT2D eigenvalue weighted by Crippen LogP contribution is 2.13. The fourth-order valence-corrected chi connectivity index (χ4v) is 1.17. The molecule has 0 saturated heterocycles. The number of hydrogen-bond acceptors (Lipinski definition) is 2. The SMILES string of the molecule is Cc1cc(F)cc(NCC(C)(C)N)c1. The van der Waals surface area contributed by atoms with E-state index in [1.807, 2.05) is 26.8 Å². The van der Waals surface area contributed by atoms with Crippen molar-refractivity contribution < 1.29 is 4.39 Å². The topological polar surface area (TPSA) is 38.0 Å². The molecular weight excluding hydrogens is 179 g/mol. The quantitative estimate of drug-likeness (QED) is 0.778. The molecule has 1 aromatic rings. The van der Waals surface area contributed by atoms with E-state index in [0.717, 1.165) is 11.3 Å².